The van der Waals surface area contributed by atoms with E-state index in [1.54, 1.807) is 0 Å². The van der Waals surface area contributed by atoms with Crippen molar-refractivity contribution in [2.45, 2.75) is 19.4 Å². The van der Waals surface area contributed by atoms with Crippen LogP contribution in [0.4, 0.5) is 4.79 Å². The number of hydrogen-bond donors (Lipinski definition) is 1. The molecule has 0 spiro atoms. The zero-order chi connectivity index (χ0) is 15.3. The highest BCUT2D eigenvalue weighted by Gasteiger charge is 2.04. The van der Waals surface area contributed by atoms with Gasteiger partial charge in [0.05, 0.1) is 13.0 Å². The number of hydrogen-bond acceptors (Lipinski definition) is 4. The number of esters is 1. The summed E-state index contributed by atoms with van der Waals surface area (Å²) < 4.78 is 9.91. The molecule has 0 bridgehead atoms. The SMILES string of the molecule is O=C(CCC#CBr)OCCNC(=O)OCc1ccccc1. The van der Waals surface area contributed by atoms with E-state index in [4.69, 9.17) is 9.47 Å². The third kappa shape index (κ3) is 8.71. The van der Waals surface area contributed by atoms with Crippen molar-refractivity contribution in [3.8, 4) is 10.8 Å². The maximum absolute atomic E-state index is 11.4. The van der Waals surface area contributed by atoms with E-state index < -0.39 is 6.09 Å². The van der Waals surface area contributed by atoms with E-state index in [2.05, 4.69) is 32.0 Å². The molecule has 0 aromatic heterocycles. The molecule has 5 nitrogen and oxygen atoms in total. The lowest BCUT2D eigenvalue weighted by Crippen LogP contribution is -2.28. The highest BCUT2D eigenvalue weighted by Crippen LogP contribution is 2.00. The number of amides is 1. The Balaban J connectivity index is 2.05. The van der Waals surface area contributed by atoms with E-state index in [-0.39, 0.29) is 32.1 Å². The summed E-state index contributed by atoms with van der Waals surface area (Å²) in [6.07, 6.45) is 0.133. The van der Waals surface area contributed by atoms with E-state index >= 15 is 0 Å². The predicted molar refractivity (Wildman–Crippen MR) is 81.5 cm³/mol. The van der Waals surface area contributed by atoms with Crippen LogP contribution >= 0.6 is 15.9 Å². The number of carbonyl (C=O) groups is 2. The molecule has 1 aromatic rings. The second-order valence-corrected chi connectivity index (χ2v) is 4.38. The van der Waals surface area contributed by atoms with Gasteiger partial charge in [0.25, 0.3) is 0 Å². The van der Waals surface area contributed by atoms with Gasteiger partial charge in [-0.05, 0) is 10.4 Å². The number of rotatable bonds is 7. The fourth-order valence-electron chi connectivity index (χ4n) is 1.38. The minimum absolute atomic E-state index is 0.112. The zero-order valence-corrected chi connectivity index (χ0v) is 13.0. The van der Waals surface area contributed by atoms with Crippen LogP contribution in [0.25, 0.3) is 0 Å². The number of alkyl carbamates (subject to hydrolysis) is 1. The molecule has 0 aliphatic rings. The highest BCUT2D eigenvalue weighted by atomic mass is 79.9. The van der Waals surface area contributed by atoms with E-state index in [0.717, 1.165) is 5.56 Å². The molecule has 0 fully saturated rings. The number of halogens is 1. The van der Waals surface area contributed by atoms with E-state index in [9.17, 15) is 9.59 Å². The number of nitrogens with one attached hydrogen (secondary N) is 1. The van der Waals surface area contributed by atoms with Crippen molar-refractivity contribution in [1.82, 2.24) is 5.32 Å². The molecule has 1 aromatic carbocycles. The van der Waals surface area contributed by atoms with Gasteiger partial charge in [-0.25, -0.2) is 4.79 Å². The molecule has 0 radical (unpaired) electrons. The first-order chi connectivity index (χ1) is 10.2. The van der Waals surface area contributed by atoms with Gasteiger partial charge in [0.15, 0.2) is 0 Å². The normalized spacial score (nSPS) is 9.19. The Hall–Kier alpha value is -2.00. The first-order valence-electron chi connectivity index (χ1n) is 6.41. The Morgan fingerprint density at radius 1 is 1.19 bits per heavy atom. The fraction of sp³-hybridized carbons (Fsp3) is 0.333. The predicted octanol–water partition coefficient (Wildman–Crippen LogP) is 2.59. The molecule has 112 valence electrons. The lowest BCUT2D eigenvalue weighted by molar-refractivity contribution is -0.143. The molecule has 1 amide bonds. The summed E-state index contributed by atoms with van der Waals surface area (Å²) in [6, 6.07) is 9.36. The molecule has 0 aliphatic carbocycles. The van der Waals surface area contributed by atoms with Crippen LogP contribution in [0.15, 0.2) is 30.3 Å². The molecule has 0 aliphatic heterocycles. The van der Waals surface area contributed by atoms with Crippen molar-refractivity contribution in [3.05, 3.63) is 35.9 Å². The Morgan fingerprint density at radius 3 is 2.67 bits per heavy atom. The smallest absolute Gasteiger partial charge is 0.407 e. The molecule has 0 unspecified atom stereocenters. The van der Waals surface area contributed by atoms with Crippen LogP contribution in [0.3, 0.4) is 0 Å². The number of ether oxygens (including phenoxy) is 2. The molecule has 0 saturated heterocycles. The maximum Gasteiger partial charge on any atom is 0.407 e. The van der Waals surface area contributed by atoms with Crippen molar-refractivity contribution >= 4 is 28.0 Å². The van der Waals surface area contributed by atoms with Crippen LogP contribution in [0.5, 0.6) is 0 Å². The lowest BCUT2D eigenvalue weighted by atomic mass is 10.2. The largest absolute Gasteiger partial charge is 0.464 e. The standard InChI is InChI=1S/C15H16BrNO4/c16-9-5-4-8-14(18)20-11-10-17-15(19)21-12-13-6-2-1-3-7-13/h1-3,6-7H,4,8,10-12H2,(H,17,19). The van der Waals surface area contributed by atoms with Gasteiger partial charge in [-0.3, -0.25) is 4.79 Å². The van der Waals surface area contributed by atoms with Gasteiger partial charge in [0.1, 0.15) is 13.2 Å². The van der Waals surface area contributed by atoms with Gasteiger partial charge in [-0.15, -0.1) is 0 Å². The molecule has 21 heavy (non-hydrogen) atoms. The maximum atomic E-state index is 11.4. The molecule has 0 atom stereocenters. The van der Waals surface area contributed by atoms with Crippen LogP contribution in [-0.4, -0.2) is 25.2 Å². The second-order valence-electron chi connectivity index (χ2n) is 3.98. The molecule has 6 heteroatoms. The summed E-state index contributed by atoms with van der Waals surface area (Å²) in [4.78, 5) is 25.1. The summed E-state index contributed by atoms with van der Waals surface area (Å²) in [5, 5.41) is 2.50. The van der Waals surface area contributed by atoms with Crippen LogP contribution in [0.2, 0.25) is 0 Å². The molecular formula is C15H16BrNO4. The minimum atomic E-state index is -0.542. The topological polar surface area (TPSA) is 64.6 Å². The Bertz CT molecular complexity index is 507. The fourth-order valence-corrected chi connectivity index (χ4v) is 1.57. The van der Waals surface area contributed by atoms with Crippen LogP contribution in [0, 0.1) is 10.8 Å². The van der Waals surface area contributed by atoms with Gasteiger partial charge in [0.2, 0.25) is 0 Å². The summed E-state index contributed by atoms with van der Waals surface area (Å²) in [7, 11) is 0. The quantitative estimate of drug-likeness (QED) is 0.464. The molecular weight excluding hydrogens is 338 g/mol. The van der Waals surface area contributed by atoms with Gasteiger partial charge in [-0.2, -0.15) is 0 Å². The van der Waals surface area contributed by atoms with E-state index in [1.165, 1.54) is 0 Å². The van der Waals surface area contributed by atoms with E-state index in [1.807, 2.05) is 30.3 Å². The van der Waals surface area contributed by atoms with Gasteiger partial charge in [-0.1, -0.05) is 36.3 Å². The minimum Gasteiger partial charge on any atom is -0.464 e. The van der Waals surface area contributed by atoms with Crippen molar-refractivity contribution in [2.24, 2.45) is 0 Å². The average molecular weight is 354 g/mol. The second kappa shape index (κ2) is 10.7. The number of benzene rings is 1. The highest BCUT2D eigenvalue weighted by molar-refractivity contribution is 9.12. The summed E-state index contributed by atoms with van der Waals surface area (Å²) in [6.45, 7) is 0.530. The van der Waals surface area contributed by atoms with Gasteiger partial charge in [0, 0.05) is 22.4 Å². The lowest BCUT2D eigenvalue weighted by Gasteiger charge is -2.07. The first-order valence-corrected chi connectivity index (χ1v) is 7.20. The first kappa shape index (κ1) is 17.1. The average Bonchev–Trinajstić information content (AvgIpc) is 2.51. The van der Waals surface area contributed by atoms with Crippen LogP contribution in [0.1, 0.15) is 18.4 Å². The van der Waals surface area contributed by atoms with Crippen LogP contribution in [-0.2, 0) is 20.9 Å². The van der Waals surface area contributed by atoms with Gasteiger partial charge >= 0.3 is 12.1 Å². The zero-order valence-electron chi connectivity index (χ0n) is 11.4. The summed E-state index contributed by atoms with van der Waals surface area (Å²) >= 11 is 2.94. The van der Waals surface area contributed by atoms with Crippen LogP contribution < -0.4 is 5.32 Å². The van der Waals surface area contributed by atoms with E-state index in [0.29, 0.717) is 6.42 Å². The van der Waals surface area contributed by atoms with Crippen molar-refractivity contribution in [1.29, 1.82) is 0 Å². The van der Waals surface area contributed by atoms with Crippen molar-refractivity contribution < 1.29 is 19.1 Å². The molecule has 0 heterocycles. The van der Waals surface area contributed by atoms with Crippen molar-refractivity contribution in [3.63, 3.8) is 0 Å². The molecule has 0 saturated carbocycles. The molecule has 1 rings (SSSR count). The third-order valence-electron chi connectivity index (χ3n) is 2.37. The third-order valence-corrected chi connectivity index (χ3v) is 2.65. The molecule has 1 N–H and O–H groups in total. The Kier molecular flexibility index (Phi) is 8.73. The van der Waals surface area contributed by atoms with Gasteiger partial charge < -0.3 is 14.8 Å². The Labute approximate surface area is 132 Å². The Morgan fingerprint density at radius 2 is 1.95 bits per heavy atom. The number of carbonyl (C=O) groups excluding carboxylic acids is 2. The summed E-state index contributed by atoms with van der Waals surface area (Å²) in [5.74, 6) is 2.35. The summed E-state index contributed by atoms with van der Waals surface area (Å²) in [5.41, 5.74) is 0.909. The van der Waals surface area contributed by atoms with Crippen molar-refractivity contribution in [2.75, 3.05) is 13.2 Å². The monoisotopic (exact) mass is 353 g/mol.